The molecule has 0 bridgehead atoms. The smallest absolute Gasteiger partial charge is 0.330 e. The Morgan fingerprint density at radius 3 is 3.00 bits per heavy atom. The normalized spacial score (nSPS) is 10.6. The molecule has 0 atom stereocenters. The van der Waals surface area contributed by atoms with E-state index in [-0.39, 0.29) is 5.69 Å². The lowest BCUT2D eigenvalue weighted by Crippen LogP contribution is -2.14. The van der Waals surface area contributed by atoms with Gasteiger partial charge in [-0.3, -0.25) is 0 Å². The van der Waals surface area contributed by atoms with Gasteiger partial charge in [-0.2, -0.15) is 5.10 Å². The highest BCUT2D eigenvalue weighted by molar-refractivity contribution is 5.35. The number of hydrogen-bond acceptors (Lipinski definition) is 3. The fourth-order valence-electron chi connectivity index (χ4n) is 1.60. The molecule has 0 aliphatic carbocycles. The van der Waals surface area contributed by atoms with E-state index < -0.39 is 0 Å². The zero-order chi connectivity index (χ0) is 11.4. The summed E-state index contributed by atoms with van der Waals surface area (Å²) in [5.41, 5.74) is 7.24. The van der Waals surface area contributed by atoms with E-state index >= 15 is 0 Å². The molecule has 0 aliphatic rings. The van der Waals surface area contributed by atoms with Crippen molar-refractivity contribution in [3.63, 3.8) is 0 Å². The molecule has 16 heavy (non-hydrogen) atoms. The Morgan fingerprint density at radius 1 is 1.44 bits per heavy atom. The van der Waals surface area contributed by atoms with Crippen LogP contribution < -0.4 is 11.4 Å². The van der Waals surface area contributed by atoms with Crippen molar-refractivity contribution in [1.82, 2.24) is 14.8 Å². The molecular weight excluding hydrogens is 204 g/mol. The van der Waals surface area contributed by atoms with Crippen molar-refractivity contribution in [3.8, 4) is 5.69 Å². The average molecular weight is 218 g/mol. The lowest BCUT2D eigenvalue weighted by Gasteiger charge is -2.04. The molecule has 0 saturated carbocycles. The molecule has 5 nitrogen and oxygen atoms in total. The minimum absolute atomic E-state index is 0.226. The highest BCUT2D eigenvalue weighted by Gasteiger charge is 2.01. The summed E-state index contributed by atoms with van der Waals surface area (Å²) in [6.07, 6.45) is 3.35. The second-order valence-electron chi connectivity index (χ2n) is 3.59. The van der Waals surface area contributed by atoms with Gasteiger partial charge in [-0.15, -0.1) is 0 Å². The SMILES string of the molecule is NCCCc1cccc(-n2cn[nH]c2=O)c1. The van der Waals surface area contributed by atoms with Gasteiger partial charge in [-0.1, -0.05) is 12.1 Å². The summed E-state index contributed by atoms with van der Waals surface area (Å²) in [5, 5.41) is 6.06. The van der Waals surface area contributed by atoms with E-state index in [9.17, 15) is 4.79 Å². The fraction of sp³-hybridized carbons (Fsp3) is 0.273. The first-order valence-corrected chi connectivity index (χ1v) is 5.22. The van der Waals surface area contributed by atoms with Gasteiger partial charge in [0.15, 0.2) is 0 Å². The average Bonchev–Trinajstić information content (AvgIpc) is 2.73. The zero-order valence-corrected chi connectivity index (χ0v) is 8.89. The number of H-pyrrole nitrogens is 1. The highest BCUT2D eigenvalue weighted by atomic mass is 16.1. The van der Waals surface area contributed by atoms with Crippen molar-refractivity contribution in [2.24, 2.45) is 5.73 Å². The third kappa shape index (κ3) is 2.20. The van der Waals surface area contributed by atoms with Gasteiger partial charge in [-0.25, -0.2) is 14.5 Å². The molecule has 84 valence electrons. The second-order valence-corrected chi connectivity index (χ2v) is 3.59. The largest absolute Gasteiger partial charge is 0.347 e. The molecule has 0 unspecified atom stereocenters. The minimum atomic E-state index is -0.226. The van der Waals surface area contributed by atoms with Crippen molar-refractivity contribution in [3.05, 3.63) is 46.6 Å². The zero-order valence-electron chi connectivity index (χ0n) is 8.89. The number of aryl methyl sites for hydroxylation is 1. The van der Waals surface area contributed by atoms with Crippen molar-refractivity contribution in [1.29, 1.82) is 0 Å². The van der Waals surface area contributed by atoms with Gasteiger partial charge in [-0.05, 0) is 37.1 Å². The predicted molar refractivity (Wildman–Crippen MR) is 61.6 cm³/mol. The standard InChI is InChI=1S/C11H14N4O/c12-6-2-4-9-3-1-5-10(7-9)15-8-13-14-11(15)16/h1,3,5,7-8H,2,4,6,12H2,(H,14,16). The third-order valence-electron chi connectivity index (χ3n) is 2.41. The Hall–Kier alpha value is -1.88. The number of hydrogen-bond donors (Lipinski definition) is 2. The Bertz CT molecular complexity index is 514. The first-order valence-electron chi connectivity index (χ1n) is 5.22. The number of nitrogens with two attached hydrogens (primary N) is 1. The van der Waals surface area contributed by atoms with Crippen molar-refractivity contribution in [2.45, 2.75) is 12.8 Å². The minimum Gasteiger partial charge on any atom is -0.330 e. The van der Waals surface area contributed by atoms with Crippen LogP contribution in [0.5, 0.6) is 0 Å². The van der Waals surface area contributed by atoms with Crippen LogP contribution in [0.4, 0.5) is 0 Å². The maximum atomic E-state index is 11.4. The fourth-order valence-corrected chi connectivity index (χ4v) is 1.60. The van der Waals surface area contributed by atoms with Gasteiger partial charge in [0.25, 0.3) is 0 Å². The lowest BCUT2D eigenvalue weighted by atomic mass is 10.1. The maximum Gasteiger partial charge on any atom is 0.347 e. The molecule has 3 N–H and O–H groups in total. The van der Waals surface area contributed by atoms with Crippen LogP contribution in [0, 0.1) is 0 Å². The molecular formula is C11H14N4O. The van der Waals surface area contributed by atoms with Crippen LogP contribution >= 0.6 is 0 Å². The van der Waals surface area contributed by atoms with Gasteiger partial charge in [0, 0.05) is 0 Å². The molecule has 2 aromatic rings. The number of aromatic nitrogens is 3. The van der Waals surface area contributed by atoms with Crippen LogP contribution in [0.1, 0.15) is 12.0 Å². The number of nitrogens with zero attached hydrogens (tertiary/aromatic N) is 2. The Kier molecular flexibility index (Phi) is 3.16. The molecule has 0 saturated heterocycles. The highest BCUT2D eigenvalue weighted by Crippen LogP contribution is 2.09. The maximum absolute atomic E-state index is 11.4. The van der Waals surface area contributed by atoms with Crippen molar-refractivity contribution >= 4 is 0 Å². The topological polar surface area (TPSA) is 76.7 Å². The quantitative estimate of drug-likeness (QED) is 0.782. The van der Waals surface area contributed by atoms with Crippen LogP contribution in [-0.2, 0) is 6.42 Å². The van der Waals surface area contributed by atoms with E-state index in [1.165, 1.54) is 16.5 Å². The molecule has 0 spiro atoms. The second kappa shape index (κ2) is 4.76. The Morgan fingerprint density at radius 2 is 2.31 bits per heavy atom. The molecule has 0 aliphatic heterocycles. The number of nitrogens with one attached hydrogen (secondary N) is 1. The van der Waals surface area contributed by atoms with Gasteiger partial charge < -0.3 is 5.73 Å². The van der Waals surface area contributed by atoms with E-state index in [1.807, 2.05) is 24.3 Å². The monoisotopic (exact) mass is 218 g/mol. The van der Waals surface area contributed by atoms with Crippen LogP contribution in [0.15, 0.2) is 35.4 Å². The Labute approximate surface area is 92.9 Å². The Balaban J connectivity index is 2.29. The molecule has 0 radical (unpaired) electrons. The molecule has 0 fully saturated rings. The van der Waals surface area contributed by atoms with Crippen LogP contribution in [0.2, 0.25) is 0 Å². The van der Waals surface area contributed by atoms with Gasteiger partial charge in [0.2, 0.25) is 0 Å². The number of rotatable bonds is 4. The molecule has 0 amide bonds. The summed E-state index contributed by atoms with van der Waals surface area (Å²) in [5.74, 6) is 0. The summed E-state index contributed by atoms with van der Waals surface area (Å²) in [4.78, 5) is 11.4. The summed E-state index contributed by atoms with van der Waals surface area (Å²) in [6, 6.07) is 7.82. The molecule has 1 aromatic carbocycles. The summed E-state index contributed by atoms with van der Waals surface area (Å²) >= 11 is 0. The van der Waals surface area contributed by atoms with Gasteiger partial charge in [0.1, 0.15) is 6.33 Å². The van der Waals surface area contributed by atoms with Gasteiger partial charge >= 0.3 is 5.69 Å². The number of aromatic amines is 1. The summed E-state index contributed by atoms with van der Waals surface area (Å²) < 4.78 is 1.48. The third-order valence-corrected chi connectivity index (χ3v) is 2.41. The van der Waals surface area contributed by atoms with E-state index in [1.54, 1.807) is 0 Å². The first-order chi connectivity index (χ1) is 7.81. The molecule has 5 heteroatoms. The van der Waals surface area contributed by atoms with Crippen LogP contribution in [-0.4, -0.2) is 21.3 Å². The van der Waals surface area contributed by atoms with E-state index in [0.717, 1.165) is 18.5 Å². The van der Waals surface area contributed by atoms with E-state index in [4.69, 9.17) is 5.73 Å². The molecule has 1 heterocycles. The summed E-state index contributed by atoms with van der Waals surface area (Å²) in [6.45, 7) is 0.676. The number of benzene rings is 1. The molecule has 1 aromatic heterocycles. The first kappa shape index (κ1) is 10.6. The van der Waals surface area contributed by atoms with E-state index in [2.05, 4.69) is 10.2 Å². The van der Waals surface area contributed by atoms with Crippen molar-refractivity contribution < 1.29 is 0 Å². The van der Waals surface area contributed by atoms with Gasteiger partial charge in [0.05, 0.1) is 5.69 Å². The lowest BCUT2D eigenvalue weighted by molar-refractivity contribution is 0.830. The van der Waals surface area contributed by atoms with Crippen molar-refractivity contribution in [2.75, 3.05) is 6.54 Å². The summed E-state index contributed by atoms with van der Waals surface area (Å²) in [7, 11) is 0. The molecule has 2 rings (SSSR count). The predicted octanol–water partition coefficient (Wildman–Crippen LogP) is 0.452. The van der Waals surface area contributed by atoms with E-state index in [0.29, 0.717) is 6.54 Å². The van der Waals surface area contributed by atoms with Crippen LogP contribution in [0.3, 0.4) is 0 Å². The van der Waals surface area contributed by atoms with Crippen LogP contribution in [0.25, 0.3) is 5.69 Å².